The molecule has 5 nitrogen and oxygen atoms in total. The van der Waals surface area contributed by atoms with Crippen LogP contribution in [0.5, 0.6) is 0 Å². The molecule has 7 heteroatoms. The average Bonchev–Trinajstić information content (AvgIpc) is 2.60. The highest BCUT2D eigenvalue weighted by atomic mass is 35.5. The molecule has 2 rings (SSSR count). The quantitative estimate of drug-likeness (QED) is 0.691. The maximum atomic E-state index is 12.7. The van der Waals surface area contributed by atoms with Gasteiger partial charge in [-0.25, -0.2) is 8.42 Å². The number of rotatable bonds is 8. The molecule has 26 heavy (non-hydrogen) atoms. The van der Waals surface area contributed by atoms with Gasteiger partial charge in [0.2, 0.25) is 15.9 Å². The fraction of sp³-hybridized carbons (Fsp3) is 0.316. The van der Waals surface area contributed by atoms with Gasteiger partial charge < -0.3 is 4.90 Å². The lowest BCUT2D eigenvalue weighted by Crippen LogP contribution is -2.42. The molecule has 0 bridgehead atoms. The highest BCUT2D eigenvalue weighted by Crippen LogP contribution is 2.18. The highest BCUT2D eigenvalue weighted by Gasteiger charge is 2.24. The van der Waals surface area contributed by atoms with Gasteiger partial charge in [-0.2, -0.15) is 4.31 Å². The second-order valence-electron chi connectivity index (χ2n) is 6.02. The lowest BCUT2D eigenvalue weighted by Gasteiger charge is -2.26. The van der Waals surface area contributed by atoms with Gasteiger partial charge in [-0.3, -0.25) is 4.79 Å². The van der Waals surface area contributed by atoms with Crippen LogP contribution in [-0.4, -0.2) is 42.9 Å². The Labute approximate surface area is 160 Å². The SMILES string of the molecule is CCN(Cc1ccccc1)C(=O)CN(Cc1ccccc1Cl)S(C)(=O)=O. The summed E-state index contributed by atoms with van der Waals surface area (Å²) in [7, 11) is -3.56. The smallest absolute Gasteiger partial charge is 0.238 e. The zero-order chi connectivity index (χ0) is 19.2. The molecule has 0 aliphatic carbocycles. The first-order chi connectivity index (χ1) is 12.3. The molecule has 2 aromatic carbocycles. The van der Waals surface area contributed by atoms with Gasteiger partial charge in [-0.05, 0) is 24.1 Å². The molecule has 0 N–H and O–H groups in total. The summed E-state index contributed by atoms with van der Waals surface area (Å²) in [5.41, 5.74) is 1.67. The Hall–Kier alpha value is -1.89. The van der Waals surface area contributed by atoms with Crippen molar-refractivity contribution in [1.29, 1.82) is 0 Å². The van der Waals surface area contributed by atoms with Crippen molar-refractivity contribution >= 4 is 27.5 Å². The third-order valence-electron chi connectivity index (χ3n) is 4.04. The van der Waals surface area contributed by atoms with Crippen molar-refractivity contribution in [2.24, 2.45) is 0 Å². The summed E-state index contributed by atoms with van der Waals surface area (Å²) in [5, 5.41) is 0.477. The van der Waals surface area contributed by atoms with Crippen LogP contribution >= 0.6 is 11.6 Å². The first kappa shape index (κ1) is 20.4. The van der Waals surface area contributed by atoms with E-state index < -0.39 is 10.0 Å². The monoisotopic (exact) mass is 394 g/mol. The van der Waals surface area contributed by atoms with E-state index in [1.165, 1.54) is 0 Å². The predicted octanol–water partition coefficient (Wildman–Crippen LogP) is 3.15. The summed E-state index contributed by atoms with van der Waals surface area (Å²) in [4.78, 5) is 14.3. The van der Waals surface area contributed by atoms with E-state index in [9.17, 15) is 13.2 Å². The fourth-order valence-corrected chi connectivity index (χ4v) is 3.45. The van der Waals surface area contributed by atoms with Crippen molar-refractivity contribution in [2.45, 2.75) is 20.0 Å². The third kappa shape index (κ3) is 5.83. The van der Waals surface area contributed by atoms with E-state index in [1.807, 2.05) is 37.3 Å². The van der Waals surface area contributed by atoms with Crippen LogP contribution in [0.3, 0.4) is 0 Å². The van der Waals surface area contributed by atoms with Crippen molar-refractivity contribution in [3.05, 3.63) is 70.7 Å². The molecule has 2 aromatic rings. The number of nitrogens with zero attached hydrogens (tertiary/aromatic N) is 2. The number of carbonyl (C=O) groups excluding carboxylic acids is 1. The van der Waals surface area contributed by atoms with Gasteiger partial charge >= 0.3 is 0 Å². The maximum absolute atomic E-state index is 12.7. The van der Waals surface area contributed by atoms with Gasteiger partial charge in [-0.15, -0.1) is 0 Å². The first-order valence-corrected chi connectivity index (χ1v) is 10.5. The van der Waals surface area contributed by atoms with Gasteiger partial charge in [0.05, 0.1) is 12.8 Å². The highest BCUT2D eigenvalue weighted by molar-refractivity contribution is 7.88. The van der Waals surface area contributed by atoms with Crippen molar-refractivity contribution in [1.82, 2.24) is 9.21 Å². The van der Waals surface area contributed by atoms with Crippen molar-refractivity contribution in [3.8, 4) is 0 Å². The summed E-state index contributed by atoms with van der Waals surface area (Å²) in [5.74, 6) is -0.242. The molecular formula is C19H23ClN2O3S. The Morgan fingerprint density at radius 3 is 2.19 bits per heavy atom. The largest absolute Gasteiger partial charge is 0.338 e. The molecule has 0 unspecified atom stereocenters. The van der Waals surface area contributed by atoms with Crippen molar-refractivity contribution in [2.75, 3.05) is 19.3 Å². The summed E-state index contributed by atoms with van der Waals surface area (Å²) in [6.07, 6.45) is 1.10. The number of hydrogen-bond acceptors (Lipinski definition) is 3. The Morgan fingerprint density at radius 1 is 1.00 bits per heavy atom. The third-order valence-corrected chi connectivity index (χ3v) is 5.60. The second kappa shape index (κ2) is 9.16. The van der Waals surface area contributed by atoms with Crippen LogP contribution in [-0.2, 0) is 27.9 Å². The molecule has 1 amide bonds. The van der Waals surface area contributed by atoms with Crippen LogP contribution in [0, 0.1) is 0 Å². The summed E-state index contributed by atoms with van der Waals surface area (Å²) in [6, 6.07) is 16.6. The van der Waals surface area contributed by atoms with Gasteiger partial charge in [0, 0.05) is 24.7 Å². The van der Waals surface area contributed by atoms with Crippen LogP contribution in [0.4, 0.5) is 0 Å². The molecule has 0 saturated heterocycles. The van der Waals surface area contributed by atoms with Crippen LogP contribution < -0.4 is 0 Å². The van der Waals surface area contributed by atoms with E-state index in [-0.39, 0.29) is 19.0 Å². The number of likely N-dealkylation sites (N-methyl/N-ethyl adjacent to an activating group) is 1. The number of hydrogen-bond donors (Lipinski definition) is 0. The molecule has 140 valence electrons. The zero-order valence-corrected chi connectivity index (χ0v) is 16.5. The van der Waals surface area contributed by atoms with E-state index in [4.69, 9.17) is 11.6 Å². The molecule has 0 aliphatic rings. The standard InChI is InChI=1S/C19H23ClN2O3S/c1-3-21(13-16-9-5-4-6-10-16)19(23)15-22(26(2,24)25)14-17-11-7-8-12-18(17)20/h4-12H,3,13-15H2,1-2H3. The lowest BCUT2D eigenvalue weighted by molar-refractivity contribution is -0.131. The topological polar surface area (TPSA) is 57.7 Å². The maximum Gasteiger partial charge on any atom is 0.238 e. The Balaban J connectivity index is 2.14. The number of benzene rings is 2. The van der Waals surface area contributed by atoms with Gasteiger partial charge in [0.1, 0.15) is 0 Å². The molecule has 0 heterocycles. The number of amides is 1. The molecule has 0 radical (unpaired) electrons. The van der Waals surface area contributed by atoms with E-state index in [0.29, 0.717) is 23.7 Å². The normalized spacial score (nSPS) is 11.5. The molecule has 0 saturated carbocycles. The van der Waals surface area contributed by atoms with Crippen molar-refractivity contribution in [3.63, 3.8) is 0 Å². The fourth-order valence-electron chi connectivity index (χ4n) is 2.54. The average molecular weight is 395 g/mol. The lowest BCUT2D eigenvalue weighted by atomic mass is 10.2. The van der Waals surface area contributed by atoms with Gasteiger partial charge in [-0.1, -0.05) is 60.1 Å². The van der Waals surface area contributed by atoms with Gasteiger partial charge in [0.25, 0.3) is 0 Å². The van der Waals surface area contributed by atoms with E-state index in [0.717, 1.165) is 16.1 Å². The number of halogens is 1. The predicted molar refractivity (Wildman–Crippen MR) is 104 cm³/mol. The first-order valence-electron chi connectivity index (χ1n) is 8.31. The summed E-state index contributed by atoms with van der Waals surface area (Å²) >= 11 is 6.14. The summed E-state index contributed by atoms with van der Waals surface area (Å²) in [6.45, 7) is 2.66. The minimum atomic E-state index is -3.56. The Bertz CT molecular complexity index is 841. The number of carbonyl (C=O) groups is 1. The summed E-state index contributed by atoms with van der Waals surface area (Å²) < 4.78 is 25.5. The van der Waals surface area contributed by atoms with Crippen LogP contribution in [0.2, 0.25) is 5.02 Å². The Morgan fingerprint density at radius 2 is 1.62 bits per heavy atom. The minimum Gasteiger partial charge on any atom is -0.338 e. The van der Waals surface area contributed by atoms with Crippen molar-refractivity contribution < 1.29 is 13.2 Å². The van der Waals surface area contributed by atoms with Crippen LogP contribution in [0.15, 0.2) is 54.6 Å². The zero-order valence-electron chi connectivity index (χ0n) is 14.9. The minimum absolute atomic E-state index is 0.0626. The van der Waals surface area contributed by atoms with Gasteiger partial charge in [0.15, 0.2) is 0 Å². The number of sulfonamides is 1. The Kier molecular flexibility index (Phi) is 7.20. The van der Waals surface area contributed by atoms with E-state index in [2.05, 4.69) is 0 Å². The molecule has 0 spiro atoms. The molecule has 0 atom stereocenters. The van der Waals surface area contributed by atoms with E-state index >= 15 is 0 Å². The molecule has 0 aliphatic heterocycles. The second-order valence-corrected chi connectivity index (χ2v) is 8.41. The van der Waals surface area contributed by atoms with Crippen LogP contribution in [0.1, 0.15) is 18.1 Å². The van der Waals surface area contributed by atoms with Crippen LogP contribution in [0.25, 0.3) is 0 Å². The van der Waals surface area contributed by atoms with E-state index in [1.54, 1.807) is 29.2 Å². The molecular weight excluding hydrogens is 372 g/mol. The molecule has 0 fully saturated rings. The molecule has 0 aromatic heterocycles.